The zero-order valence-corrected chi connectivity index (χ0v) is 13.4. The van der Waals surface area contributed by atoms with Gasteiger partial charge >= 0.3 is 0 Å². The van der Waals surface area contributed by atoms with E-state index in [0.29, 0.717) is 11.7 Å². The molecule has 0 saturated heterocycles. The molecule has 1 atom stereocenters. The van der Waals surface area contributed by atoms with Crippen LogP contribution in [0, 0.1) is 0 Å². The standard InChI is InChI=1S/C16H15N3OS2/c17-7-10-6-9-2-1-3-11(15(9)20-10)13-4-5-14(22-13)12-8-21-16(18)19-12/h1-5,8,10H,6-7,17H2,(H2,18,19)/t10-/m0/s1. The molecule has 112 valence electrons. The van der Waals surface area contributed by atoms with E-state index in [1.165, 1.54) is 21.8 Å². The van der Waals surface area contributed by atoms with E-state index in [-0.39, 0.29) is 6.10 Å². The largest absolute Gasteiger partial charge is 0.488 e. The fourth-order valence-corrected chi connectivity index (χ4v) is 4.31. The van der Waals surface area contributed by atoms with Gasteiger partial charge in [-0.25, -0.2) is 4.98 Å². The molecule has 4 rings (SSSR count). The smallest absolute Gasteiger partial charge is 0.180 e. The Balaban J connectivity index is 1.72. The number of ether oxygens (including phenoxy) is 1. The monoisotopic (exact) mass is 329 g/mol. The molecule has 0 aliphatic carbocycles. The van der Waals surface area contributed by atoms with Crippen LogP contribution in [0.5, 0.6) is 5.75 Å². The normalized spacial score (nSPS) is 16.5. The topological polar surface area (TPSA) is 74.2 Å². The van der Waals surface area contributed by atoms with Gasteiger partial charge in [-0.15, -0.1) is 22.7 Å². The molecule has 4 nitrogen and oxygen atoms in total. The number of hydrogen-bond donors (Lipinski definition) is 2. The van der Waals surface area contributed by atoms with Gasteiger partial charge in [-0.3, -0.25) is 0 Å². The third-order valence-electron chi connectivity index (χ3n) is 3.74. The molecule has 22 heavy (non-hydrogen) atoms. The minimum atomic E-state index is 0.0916. The van der Waals surface area contributed by atoms with Crippen molar-refractivity contribution >= 4 is 27.8 Å². The second kappa shape index (κ2) is 5.39. The summed E-state index contributed by atoms with van der Waals surface area (Å²) in [6, 6.07) is 10.5. The average molecular weight is 329 g/mol. The zero-order chi connectivity index (χ0) is 15.1. The lowest BCUT2D eigenvalue weighted by molar-refractivity contribution is 0.242. The van der Waals surface area contributed by atoms with Crippen molar-refractivity contribution in [3.8, 4) is 26.8 Å². The number of thiophene rings is 1. The Hall–Kier alpha value is -1.89. The molecule has 1 aliphatic rings. The number of thiazole rings is 1. The van der Waals surface area contributed by atoms with Crippen LogP contribution in [0.3, 0.4) is 0 Å². The lowest BCUT2D eigenvalue weighted by Gasteiger charge is -2.09. The molecular formula is C16H15N3OS2. The van der Waals surface area contributed by atoms with Crippen molar-refractivity contribution in [1.29, 1.82) is 0 Å². The first kappa shape index (κ1) is 13.8. The summed E-state index contributed by atoms with van der Waals surface area (Å²) in [5.41, 5.74) is 14.8. The minimum absolute atomic E-state index is 0.0916. The highest BCUT2D eigenvalue weighted by atomic mass is 32.1. The maximum Gasteiger partial charge on any atom is 0.180 e. The number of para-hydroxylation sites is 1. The second-order valence-electron chi connectivity index (χ2n) is 5.21. The molecule has 0 spiro atoms. The Morgan fingerprint density at radius 2 is 2.09 bits per heavy atom. The Morgan fingerprint density at radius 1 is 1.23 bits per heavy atom. The Kier molecular flexibility index (Phi) is 3.37. The average Bonchev–Trinajstić information content (AvgIpc) is 3.24. The van der Waals surface area contributed by atoms with Crippen molar-refractivity contribution in [2.75, 3.05) is 12.3 Å². The Labute approximate surface area is 136 Å². The first-order valence-electron chi connectivity index (χ1n) is 7.05. The van der Waals surface area contributed by atoms with Gasteiger partial charge in [-0.2, -0.15) is 0 Å². The summed E-state index contributed by atoms with van der Waals surface area (Å²) in [6.07, 6.45) is 0.981. The van der Waals surface area contributed by atoms with Gasteiger partial charge in [0.2, 0.25) is 0 Å². The van der Waals surface area contributed by atoms with Gasteiger partial charge in [0.05, 0.1) is 10.6 Å². The number of rotatable bonds is 3. The molecule has 3 aromatic rings. The number of nitrogens with zero attached hydrogens (tertiary/aromatic N) is 1. The van der Waals surface area contributed by atoms with Crippen LogP contribution in [-0.2, 0) is 6.42 Å². The highest BCUT2D eigenvalue weighted by Crippen LogP contribution is 2.43. The van der Waals surface area contributed by atoms with E-state index in [4.69, 9.17) is 16.2 Å². The van der Waals surface area contributed by atoms with Crippen molar-refractivity contribution in [3.05, 3.63) is 41.3 Å². The van der Waals surface area contributed by atoms with E-state index >= 15 is 0 Å². The minimum Gasteiger partial charge on any atom is -0.488 e. The molecule has 0 radical (unpaired) electrons. The van der Waals surface area contributed by atoms with Crippen LogP contribution in [0.4, 0.5) is 5.13 Å². The van der Waals surface area contributed by atoms with Crippen LogP contribution >= 0.6 is 22.7 Å². The third-order valence-corrected chi connectivity index (χ3v) is 5.55. The summed E-state index contributed by atoms with van der Waals surface area (Å²) in [5.74, 6) is 0.976. The predicted octanol–water partition coefficient (Wildman–Crippen LogP) is 3.38. The molecule has 0 saturated carbocycles. The lowest BCUT2D eigenvalue weighted by atomic mass is 10.1. The predicted molar refractivity (Wildman–Crippen MR) is 92.4 cm³/mol. The van der Waals surface area contributed by atoms with Gasteiger partial charge in [-0.1, -0.05) is 12.1 Å². The molecule has 4 N–H and O–H groups in total. The van der Waals surface area contributed by atoms with Gasteiger partial charge in [0.1, 0.15) is 11.9 Å². The molecule has 0 unspecified atom stereocenters. The van der Waals surface area contributed by atoms with Crippen LogP contribution in [0.15, 0.2) is 35.7 Å². The first-order valence-corrected chi connectivity index (χ1v) is 8.74. The summed E-state index contributed by atoms with van der Waals surface area (Å²) >= 11 is 3.17. The van der Waals surface area contributed by atoms with Crippen molar-refractivity contribution in [1.82, 2.24) is 4.98 Å². The summed E-state index contributed by atoms with van der Waals surface area (Å²) < 4.78 is 6.01. The molecule has 1 aromatic carbocycles. The van der Waals surface area contributed by atoms with Gasteiger partial charge in [0.25, 0.3) is 0 Å². The fourth-order valence-electron chi connectivity index (χ4n) is 2.68. The highest BCUT2D eigenvalue weighted by Gasteiger charge is 2.25. The van der Waals surface area contributed by atoms with Crippen molar-refractivity contribution in [2.24, 2.45) is 5.73 Å². The Morgan fingerprint density at radius 3 is 2.86 bits per heavy atom. The van der Waals surface area contributed by atoms with Gasteiger partial charge in [0.15, 0.2) is 5.13 Å². The van der Waals surface area contributed by atoms with Crippen LogP contribution < -0.4 is 16.2 Å². The van der Waals surface area contributed by atoms with E-state index in [1.54, 1.807) is 11.3 Å². The SMILES string of the molecule is NC[C@@H]1Cc2cccc(-c3ccc(-c4csc(N)n4)s3)c2O1. The number of fused-ring (bicyclic) bond motifs is 1. The number of aromatic nitrogens is 1. The molecule has 3 heterocycles. The highest BCUT2D eigenvalue weighted by molar-refractivity contribution is 7.19. The van der Waals surface area contributed by atoms with E-state index in [1.807, 2.05) is 5.38 Å². The van der Waals surface area contributed by atoms with Gasteiger partial charge < -0.3 is 16.2 Å². The number of nitrogen functional groups attached to an aromatic ring is 1. The summed E-state index contributed by atoms with van der Waals surface area (Å²) in [7, 11) is 0. The lowest BCUT2D eigenvalue weighted by Crippen LogP contribution is -2.24. The van der Waals surface area contributed by atoms with E-state index in [2.05, 4.69) is 35.3 Å². The zero-order valence-electron chi connectivity index (χ0n) is 11.8. The summed E-state index contributed by atoms with van der Waals surface area (Å²) in [6.45, 7) is 0.544. The van der Waals surface area contributed by atoms with E-state index < -0.39 is 0 Å². The molecule has 2 aromatic heterocycles. The van der Waals surface area contributed by atoms with Gasteiger partial charge in [0, 0.05) is 28.8 Å². The van der Waals surface area contributed by atoms with Gasteiger partial charge in [-0.05, 0) is 23.8 Å². The summed E-state index contributed by atoms with van der Waals surface area (Å²) in [4.78, 5) is 6.64. The Bertz CT molecular complexity index is 824. The van der Waals surface area contributed by atoms with Crippen molar-refractivity contribution in [2.45, 2.75) is 12.5 Å². The molecule has 1 aliphatic heterocycles. The number of benzene rings is 1. The number of hydrogen-bond acceptors (Lipinski definition) is 6. The van der Waals surface area contributed by atoms with E-state index in [9.17, 15) is 0 Å². The molecule has 6 heteroatoms. The maximum atomic E-state index is 6.01. The molecule has 0 bridgehead atoms. The van der Waals surface area contributed by atoms with E-state index in [0.717, 1.165) is 28.3 Å². The molecule has 0 amide bonds. The third kappa shape index (κ3) is 2.29. The van der Waals surface area contributed by atoms with Crippen LogP contribution in [-0.4, -0.2) is 17.6 Å². The molecule has 0 fully saturated rings. The second-order valence-corrected chi connectivity index (χ2v) is 7.18. The van der Waals surface area contributed by atoms with Crippen LogP contribution in [0.2, 0.25) is 0 Å². The summed E-state index contributed by atoms with van der Waals surface area (Å²) in [5, 5.41) is 2.58. The number of nitrogens with two attached hydrogens (primary N) is 2. The number of anilines is 1. The van der Waals surface area contributed by atoms with Crippen LogP contribution in [0.1, 0.15) is 5.56 Å². The quantitative estimate of drug-likeness (QED) is 0.772. The molecular weight excluding hydrogens is 314 g/mol. The van der Waals surface area contributed by atoms with Crippen molar-refractivity contribution in [3.63, 3.8) is 0 Å². The maximum absolute atomic E-state index is 6.01. The first-order chi connectivity index (χ1) is 10.7. The van der Waals surface area contributed by atoms with Crippen LogP contribution in [0.25, 0.3) is 21.0 Å². The van der Waals surface area contributed by atoms with Crippen molar-refractivity contribution < 1.29 is 4.74 Å². The fraction of sp³-hybridized carbons (Fsp3) is 0.188.